The van der Waals surface area contributed by atoms with Gasteiger partial charge >= 0.3 is 5.97 Å². The van der Waals surface area contributed by atoms with Crippen molar-refractivity contribution in [3.8, 4) is 0 Å². The van der Waals surface area contributed by atoms with Gasteiger partial charge in [0.05, 0.1) is 5.56 Å². The number of hydrogen-bond acceptors (Lipinski definition) is 2. The summed E-state index contributed by atoms with van der Waals surface area (Å²) in [5.41, 5.74) is 0.522. The number of hydrogen-bond donors (Lipinski definition) is 1. The van der Waals surface area contributed by atoms with E-state index >= 15 is 0 Å². The minimum Gasteiger partial charge on any atom is -0.478 e. The Hall–Kier alpha value is -1.36. The van der Waals surface area contributed by atoms with Crippen molar-refractivity contribution in [3.05, 3.63) is 33.8 Å². The lowest BCUT2D eigenvalue weighted by Gasteiger charge is -2.21. The fourth-order valence-corrected chi connectivity index (χ4v) is 2.26. The average molecular weight is 328 g/mol. The number of carboxylic acids is 1. The number of carbonyl (C=O) groups is 2. The van der Waals surface area contributed by atoms with E-state index in [1.54, 1.807) is 11.0 Å². The molecular weight excluding hydrogens is 310 g/mol. The summed E-state index contributed by atoms with van der Waals surface area (Å²) in [5, 5.41) is 9.01. The van der Waals surface area contributed by atoms with Gasteiger partial charge in [0.15, 0.2) is 0 Å². The fourth-order valence-electron chi connectivity index (χ4n) is 1.77. The Labute approximate surface area is 121 Å². The first-order valence-corrected chi connectivity index (χ1v) is 7.12. The van der Waals surface area contributed by atoms with Crippen LogP contribution >= 0.6 is 15.9 Å². The van der Waals surface area contributed by atoms with Gasteiger partial charge in [-0.1, -0.05) is 29.3 Å². The van der Waals surface area contributed by atoms with Gasteiger partial charge in [0.2, 0.25) is 0 Å². The van der Waals surface area contributed by atoms with Crippen LogP contribution in [0.15, 0.2) is 22.7 Å². The molecular formula is C14H18BrNO3. The molecule has 1 rings (SSSR count). The summed E-state index contributed by atoms with van der Waals surface area (Å²) in [7, 11) is 0. The Bertz CT molecular complexity index is 474. The summed E-state index contributed by atoms with van der Waals surface area (Å²) in [6.07, 6.45) is 1.96. The third-order valence-corrected chi connectivity index (χ3v) is 3.30. The molecule has 0 saturated heterocycles. The maximum atomic E-state index is 12.3. The predicted molar refractivity (Wildman–Crippen MR) is 77.6 cm³/mol. The van der Waals surface area contributed by atoms with E-state index in [-0.39, 0.29) is 11.5 Å². The zero-order valence-corrected chi connectivity index (χ0v) is 12.7. The maximum Gasteiger partial charge on any atom is 0.335 e. The van der Waals surface area contributed by atoms with E-state index in [1.807, 2.05) is 6.92 Å². The number of carboxylic acid groups (broad SMARTS) is 1. The monoisotopic (exact) mass is 327 g/mol. The molecule has 1 aromatic rings. The van der Waals surface area contributed by atoms with Crippen molar-refractivity contribution in [1.82, 2.24) is 4.90 Å². The second-order valence-electron chi connectivity index (χ2n) is 4.27. The third kappa shape index (κ3) is 4.35. The Kier molecular flexibility index (Phi) is 6.02. The molecule has 0 radical (unpaired) electrons. The largest absolute Gasteiger partial charge is 0.478 e. The molecule has 0 fully saturated rings. The Morgan fingerprint density at radius 2 is 1.84 bits per heavy atom. The Balaban J connectivity index is 3.00. The fraction of sp³-hybridized carbons (Fsp3) is 0.429. The molecule has 0 unspecified atom stereocenters. The number of benzene rings is 1. The zero-order chi connectivity index (χ0) is 14.4. The number of amides is 1. The van der Waals surface area contributed by atoms with Gasteiger partial charge < -0.3 is 10.0 Å². The van der Waals surface area contributed by atoms with Gasteiger partial charge in [-0.05, 0) is 31.5 Å². The second-order valence-corrected chi connectivity index (χ2v) is 5.19. The minimum atomic E-state index is -1.04. The summed E-state index contributed by atoms with van der Waals surface area (Å²) < 4.78 is 0.599. The summed E-state index contributed by atoms with van der Waals surface area (Å²) in [5.74, 6) is -1.16. The molecule has 1 aromatic carbocycles. The van der Waals surface area contributed by atoms with E-state index in [2.05, 4.69) is 22.9 Å². The minimum absolute atomic E-state index is 0.115. The third-order valence-electron chi connectivity index (χ3n) is 2.84. The average Bonchev–Trinajstić information content (AvgIpc) is 2.38. The first-order chi connectivity index (χ1) is 8.99. The molecule has 0 aliphatic carbocycles. The van der Waals surface area contributed by atoms with E-state index < -0.39 is 5.97 Å². The van der Waals surface area contributed by atoms with Crippen molar-refractivity contribution in [1.29, 1.82) is 0 Å². The molecule has 1 amide bonds. The van der Waals surface area contributed by atoms with Gasteiger partial charge in [0.1, 0.15) is 0 Å². The molecule has 0 saturated carbocycles. The molecule has 104 valence electrons. The van der Waals surface area contributed by atoms with E-state index in [1.165, 1.54) is 12.1 Å². The highest BCUT2D eigenvalue weighted by atomic mass is 79.9. The molecule has 1 N–H and O–H groups in total. The van der Waals surface area contributed by atoms with Crippen molar-refractivity contribution >= 4 is 27.8 Å². The molecule has 4 nitrogen and oxygen atoms in total. The summed E-state index contributed by atoms with van der Waals surface area (Å²) in [6.45, 7) is 5.30. The van der Waals surface area contributed by atoms with Gasteiger partial charge in [0.25, 0.3) is 5.91 Å². The zero-order valence-electron chi connectivity index (χ0n) is 11.1. The van der Waals surface area contributed by atoms with Crippen LogP contribution in [0.25, 0.3) is 0 Å². The van der Waals surface area contributed by atoms with E-state index in [0.29, 0.717) is 23.1 Å². The predicted octanol–water partition coefficient (Wildman–Crippen LogP) is 3.41. The van der Waals surface area contributed by atoms with Gasteiger partial charge in [0, 0.05) is 23.1 Å². The number of carbonyl (C=O) groups excluding carboxylic acids is 1. The van der Waals surface area contributed by atoms with Crippen LogP contribution in [-0.4, -0.2) is 35.0 Å². The molecule has 5 heteroatoms. The Morgan fingerprint density at radius 3 is 2.37 bits per heavy atom. The molecule has 19 heavy (non-hydrogen) atoms. The van der Waals surface area contributed by atoms with E-state index in [0.717, 1.165) is 12.8 Å². The molecule has 0 aliphatic rings. The van der Waals surface area contributed by atoms with Crippen LogP contribution in [0.4, 0.5) is 0 Å². The maximum absolute atomic E-state index is 12.3. The number of halogens is 1. The molecule has 0 heterocycles. The molecule has 0 atom stereocenters. The second kappa shape index (κ2) is 7.28. The quantitative estimate of drug-likeness (QED) is 0.871. The van der Waals surface area contributed by atoms with Gasteiger partial charge in [-0.2, -0.15) is 0 Å². The molecule has 0 aliphatic heterocycles. The molecule has 0 bridgehead atoms. The normalized spacial score (nSPS) is 10.3. The van der Waals surface area contributed by atoms with E-state index in [4.69, 9.17) is 5.11 Å². The van der Waals surface area contributed by atoms with Crippen LogP contribution in [0, 0.1) is 0 Å². The standard InChI is InChI=1S/C14H18BrNO3/c1-3-5-6-16(4-2)13(17)10-7-11(14(18)19)9-12(15)8-10/h7-9H,3-6H2,1-2H3,(H,18,19). The SMILES string of the molecule is CCCCN(CC)C(=O)c1cc(Br)cc(C(=O)O)c1. The molecule has 0 aromatic heterocycles. The lowest BCUT2D eigenvalue weighted by molar-refractivity contribution is 0.0697. The van der Waals surface area contributed by atoms with Crippen LogP contribution in [0.3, 0.4) is 0 Å². The smallest absolute Gasteiger partial charge is 0.335 e. The Morgan fingerprint density at radius 1 is 1.21 bits per heavy atom. The van der Waals surface area contributed by atoms with Gasteiger partial charge in [-0.25, -0.2) is 4.79 Å². The number of unbranched alkanes of at least 4 members (excludes halogenated alkanes) is 1. The highest BCUT2D eigenvalue weighted by molar-refractivity contribution is 9.10. The topological polar surface area (TPSA) is 57.6 Å². The molecule has 0 spiro atoms. The summed E-state index contributed by atoms with van der Waals surface area (Å²) in [6, 6.07) is 4.56. The number of nitrogens with zero attached hydrogens (tertiary/aromatic N) is 1. The highest BCUT2D eigenvalue weighted by Crippen LogP contribution is 2.18. The van der Waals surface area contributed by atoms with Crippen molar-refractivity contribution in [2.24, 2.45) is 0 Å². The van der Waals surface area contributed by atoms with Crippen molar-refractivity contribution in [2.75, 3.05) is 13.1 Å². The van der Waals surface area contributed by atoms with Crippen LogP contribution < -0.4 is 0 Å². The van der Waals surface area contributed by atoms with Crippen LogP contribution in [0.1, 0.15) is 47.4 Å². The first-order valence-electron chi connectivity index (χ1n) is 6.32. The first kappa shape index (κ1) is 15.7. The summed E-state index contributed by atoms with van der Waals surface area (Å²) in [4.78, 5) is 25.0. The van der Waals surface area contributed by atoms with Crippen LogP contribution in [0.5, 0.6) is 0 Å². The summed E-state index contributed by atoms with van der Waals surface area (Å²) >= 11 is 3.24. The van der Waals surface area contributed by atoms with Crippen molar-refractivity contribution in [3.63, 3.8) is 0 Å². The van der Waals surface area contributed by atoms with Crippen molar-refractivity contribution < 1.29 is 14.7 Å². The van der Waals surface area contributed by atoms with Crippen LogP contribution in [0.2, 0.25) is 0 Å². The van der Waals surface area contributed by atoms with E-state index in [9.17, 15) is 9.59 Å². The lowest BCUT2D eigenvalue weighted by atomic mass is 10.1. The van der Waals surface area contributed by atoms with Crippen LogP contribution in [-0.2, 0) is 0 Å². The number of aromatic carboxylic acids is 1. The van der Waals surface area contributed by atoms with Gasteiger partial charge in [-0.3, -0.25) is 4.79 Å². The highest BCUT2D eigenvalue weighted by Gasteiger charge is 2.16. The lowest BCUT2D eigenvalue weighted by Crippen LogP contribution is -2.31. The van der Waals surface area contributed by atoms with Crippen molar-refractivity contribution in [2.45, 2.75) is 26.7 Å². The number of rotatable bonds is 6. The van der Waals surface area contributed by atoms with Gasteiger partial charge in [-0.15, -0.1) is 0 Å².